The topological polar surface area (TPSA) is 66.0 Å². The van der Waals surface area contributed by atoms with Crippen LogP contribution in [0.4, 0.5) is 4.79 Å². The van der Waals surface area contributed by atoms with E-state index < -0.39 is 5.60 Å². The van der Waals surface area contributed by atoms with Gasteiger partial charge in [0.25, 0.3) is 0 Å². The summed E-state index contributed by atoms with van der Waals surface area (Å²) in [6.07, 6.45) is 3.13. The fourth-order valence-corrected chi connectivity index (χ4v) is 2.42. The van der Waals surface area contributed by atoms with E-state index in [1.165, 1.54) is 6.42 Å². The maximum atomic E-state index is 12.3. The first-order valence-corrected chi connectivity index (χ1v) is 8.84. The smallest absolute Gasteiger partial charge is 0.410 e. The summed E-state index contributed by atoms with van der Waals surface area (Å²) in [6.45, 7) is 12.0. The second-order valence-electron chi connectivity index (χ2n) is 7.63. The van der Waals surface area contributed by atoms with Crippen LogP contribution in [0.25, 0.3) is 0 Å². The van der Waals surface area contributed by atoms with Gasteiger partial charge >= 0.3 is 6.09 Å². The molecule has 2 N–H and O–H groups in total. The highest BCUT2D eigenvalue weighted by Gasteiger charge is 2.35. The Morgan fingerprint density at radius 2 is 2.00 bits per heavy atom. The summed E-state index contributed by atoms with van der Waals surface area (Å²) >= 11 is 0. The third kappa shape index (κ3) is 6.28. The van der Waals surface area contributed by atoms with Crippen molar-refractivity contribution in [2.45, 2.75) is 71.6 Å². The van der Waals surface area contributed by atoms with Crippen LogP contribution >= 0.6 is 0 Å². The summed E-state index contributed by atoms with van der Waals surface area (Å²) in [5.41, 5.74) is -0.452. The average Bonchev–Trinajstić information content (AvgIpc) is 3.32. The third-order valence-corrected chi connectivity index (χ3v) is 4.00. The van der Waals surface area contributed by atoms with Gasteiger partial charge in [-0.05, 0) is 52.9 Å². The zero-order valence-electron chi connectivity index (χ0n) is 15.2. The number of nitrogens with one attached hydrogen (secondary N) is 2. The molecular formula is C17H32N4O2. The number of carbonyl (C=O) groups is 1. The molecule has 0 bridgehead atoms. The Hall–Kier alpha value is -1.46. The van der Waals surface area contributed by atoms with Crippen molar-refractivity contribution in [2.75, 3.05) is 19.6 Å². The molecule has 0 aromatic rings. The molecule has 2 unspecified atom stereocenters. The molecule has 0 aromatic heterocycles. The van der Waals surface area contributed by atoms with E-state index >= 15 is 0 Å². The van der Waals surface area contributed by atoms with Gasteiger partial charge in [-0.25, -0.2) is 4.79 Å². The van der Waals surface area contributed by atoms with Gasteiger partial charge in [-0.1, -0.05) is 6.92 Å². The zero-order valence-corrected chi connectivity index (χ0v) is 15.2. The van der Waals surface area contributed by atoms with Crippen molar-refractivity contribution in [3.63, 3.8) is 0 Å². The van der Waals surface area contributed by atoms with Gasteiger partial charge in [0.15, 0.2) is 5.96 Å². The Bertz CT molecular complexity index is 440. The first kappa shape index (κ1) is 17.9. The van der Waals surface area contributed by atoms with Crippen LogP contribution in [-0.2, 0) is 4.74 Å². The van der Waals surface area contributed by atoms with E-state index in [2.05, 4.69) is 29.5 Å². The molecule has 6 heteroatoms. The highest BCUT2D eigenvalue weighted by atomic mass is 16.6. The molecule has 2 rings (SSSR count). The maximum Gasteiger partial charge on any atom is 0.410 e. The van der Waals surface area contributed by atoms with Crippen LogP contribution < -0.4 is 10.6 Å². The number of amides is 1. The largest absolute Gasteiger partial charge is 0.444 e. The van der Waals surface area contributed by atoms with Gasteiger partial charge in [0, 0.05) is 25.2 Å². The Morgan fingerprint density at radius 1 is 1.35 bits per heavy atom. The fourth-order valence-electron chi connectivity index (χ4n) is 2.42. The van der Waals surface area contributed by atoms with E-state index in [1.54, 1.807) is 0 Å². The van der Waals surface area contributed by atoms with E-state index in [0.29, 0.717) is 25.2 Å². The van der Waals surface area contributed by atoms with Crippen LogP contribution in [0.5, 0.6) is 0 Å². The maximum absolute atomic E-state index is 12.3. The predicted octanol–water partition coefficient (Wildman–Crippen LogP) is 2.35. The lowest BCUT2D eigenvalue weighted by Gasteiger charge is -2.27. The molecule has 0 aliphatic heterocycles. The van der Waals surface area contributed by atoms with Crippen LogP contribution in [0.1, 0.15) is 53.9 Å². The first-order chi connectivity index (χ1) is 10.8. The van der Waals surface area contributed by atoms with Crippen LogP contribution in [-0.4, -0.2) is 54.3 Å². The highest BCUT2D eigenvalue weighted by Crippen LogP contribution is 2.29. The summed E-state index contributed by atoms with van der Waals surface area (Å²) in [6, 6.07) is 0.872. The fraction of sp³-hybridized carbons (Fsp3) is 0.882. The Labute approximate surface area is 140 Å². The number of rotatable bonds is 6. The molecule has 0 spiro atoms. The lowest BCUT2D eigenvalue weighted by Crippen LogP contribution is -2.41. The van der Waals surface area contributed by atoms with E-state index in [0.717, 1.165) is 31.3 Å². The van der Waals surface area contributed by atoms with Gasteiger partial charge in [-0.15, -0.1) is 0 Å². The van der Waals surface area contributed by atoms with Crippen molar-refractivity contribution < 1.29 is 9.53 Å². The van der Waals surface area contributed by atoms with Crippen LogP contribution in [0.2, 0.25) is 0 Å². The molecule has 0 aromatic carbocycles. The molecule has 6 nitrogen and oxygen atoms in total. The minimum atomic E-state index is -0.452. The van der Waals surface area contributed by atoms with Gasteiger partial charge in [0.2, 0.25) is 0 Å². The van der Waals surface area contributed by atoms with Gasteiger partial charge in [0.05, 0.1) is 6.54 Å². The second-order valence-corrected chi connectivity index (χ2v) is 7.63. The summed E-state index contributed by atoms with van der Waals surface area (Å²) in [5.74, 6) is 1.57. The number of ether oxygens (including phenoxy) is 1. The van der Waals surface area contributed by atoms with Crippen molar-refractivity contribution in [2.24, 2.45) is 10.9 Å². The quantitative estimate of drug-likeness (QED) is 0.581. The summed E-state index contributed by atoms with van der Waals surface area (Å²) < 4.78 is 5.50. The molecule has 2 aliphatic rings. The minimum Gasteiger partial charge on any atom is -0.444 e. The molecular weight excluding hydrogens is 292 g/mol. The molecule has 0 heterocycles. The number of guanidine groups is 1. The minimum absolute atomic E-state index is 0.219. The van der Waals surface area contributed by atoms with Crippen molar-refractivity contribution in [3.05, 3.63) is 0 Å². The summed E-state index contributed by atoms with van der Waals surface area (Å²) in [4.78, 5) is 18.7. The lowest BCUT2D eigenvalue weighted by molar-refractivity contribution is 0.0240. The van der Waals surface area contributed by atoms with Crippen LogP contribution in [0.3, 0.4) is 0 Å². The first-order valence-electron chi connectivity index (χ1n) is 8.84. The van der Waals surface area contributed by atoms with E-state index in [-0.39, 0.29) is 6.09 Å². The zero-order chi connectivity index (χ0) is 17.0. The molecule has 2 saturated carbocycles. The summed E-state index contributed by atoms with van der Waals surface area (Å²) in [7, 11) is 0. The number of hydrogen-bond acceptors (Lipinski definition) is 3. The average molecular weight is 324 g/mol. The van der Waals surface area contributed by atoms with Crippen molar-refractivity contribution in [1.82, 2.24) is 15.5 Å². The molecule has 2 aliphatic carbocycles. The Balaban J connectivity index is 1.84. The lowest BCUT2D eigenvalue weighted by atomic mass is 10.2. The molecule has 1 amide bonds. The van der Waals surface area contributed by atoms with Gasteiger partial charge in [-0.3, -0.25) is 4.99 Å². The van der Waals surface area contributed by atoms with E-state index in [9.17, 15) is 4.79 Å². The Morgan fingerprint density at radius 3 is 2.48 bits per heavy atom. The van der Waals surface area contributed by atoms with Crippen molar-refractivity contribution in [1.29, 1.82) is 0 Å². The van der Waals surface area contributed by atoms with Crippen LogP contribution in [0, 0.1) is 5.92 Å². The van der Waals surface area contributed by atoms with Crippen LogP contribution in [0.15, 0.2) is 4.99 Å². The van der Waals surface area contributed by atoms with E-state index in [4.69, 9.17) is 4.74 Å². The molecule has 23 heavy (non-hydrogen) atoms. The SMILES string of the molecule is CCNC(=NCCN(C(=O)OC(C)(C)C)C1CC1)NC1CC1C. The number of carbonyl (C=O) groups excluding carboxylic acids is 1. The second kappa shape index (κ2) is 7.41. The van der Waals surface area contributed by atoms with Crippen molar-refractivity contribution >= 4 is 12.1 Å². The van der Waals surface area contributed by atoms with Gasteiger partial charge in [-0.2, -0.15) is 0 Å². The molecule has 2 atom stereocenters. The molecule has 0 saturated heterocycles. The third-order valence-electron chi connectivity index (χ3n) is 4.00. The normalized spacial score (nSPS) is 24.1. The van der Waals surface area contributed by atoms with Gasteiger partial charge < -0.3 is 20.3 Å². The summed E-state index contributed by atoms with van der Waals surface area (Å²) in [5, 5.41) is 6.70. The standard InChI is InChI=1S/C17H32N4O2/c1-6-18-15(20-14-11-12(14)2)19-9-10-21(13-7-8-13)16(22)23-17(3,4)5/h12-14H,6-11H2,1-5H3,(H2,18,19,20). The predicted molar refractivity (Wildman–Crippen MR) is 92.6 cm³/mol. The monoisotopic (exact) mass is 324 g/mol. The number of aliphatic imine (C=N–C) groups is 1. The van der Waals surface area contributed by atoms with E-state index in [1.807, 2.05) is 25.7 Å². The molecule has 132 valence electrons. The molecule has 2 fully saturated rings. The highest BCUT2D eigenvalue weighted by molar-refractivity contribution is 5.80. The molecule has 0 radical (unpaired) electrons. The Kier molecular flexibility index (Phi) is 5.76. The number of nitrogens with zero attached hydrogens (tertiary/aromatic N) is 2. The van der Waals surface area contributed by atoms with Gasteiger partial charge in [0.1, 0.15) is 5.60 Å². The number of hydrogen-bond donors (Lipinski definition) is 2. The van der Waals surface area contributed by atoms with Crippen molar-refractivity contribution in [3.8, 4) is 0 Å².